The van der Waals surface area contributed by atoms with Gasteiger partial charge in [-0.1, -0.05) is 17.7 Å². The molecular formula is C17H14BrClF2N2O. The quantitative estimate of drug-likeness (QED) is 0.791. The Balaban J connectivity index is 2.28. The second-order valence-electron chi connectivity index (χ2n) is 5.35. The number of anilines is 1. The maximum absolute atomic E-state index is 14.4. The first kappa shape index (κ1) is 17.3. The number of methoxy groups -OCH3 is 1. The number of benzene rings is 2. The lowest BCUT2D eigenvalue weighted by atomic mass is 9.99. The number of hydrogen-bond acceptors (Lipinski definition) is 3. The van der Waals surface area contributed by atoms with E-state index in [4.69, 9.17) is 16.3 Å². The first-order chi connectivity index (χ1) is 11.5. The van der Waals surface area contributed by atoms with Crippen molar-refractivity contribution in [2.45, 2.75) is 6.04 Å². The number of ether oxygens (including phenoxy) is 1. The maximum atomic E-state index is 14.4. The standard InChI is InChI=1S/C17H14BrClF2N2O/c1-24-8-9-7-22-13-6-5-10(18)16(19)15(13)17(23-9)14-11(20)3-2-4-12(14)21/h2-6,9,22H,7-8H2,1H3/t9-/m0/s1. The third-order valence-corrected chi connectivity index (χ3v) is 5.01. The molecule has 24 heavy (non-hydrogen) atoms. The maximum Gasteiger partial charge on any atom is 0.135 e. The van der Waals surface area contributed by atoms with Gasteiger partial charge in [0, 0.05) is 29.4 Å². The van der Waals surface area contributed by atoms with Crippen molar-refractivity contribution in [1.29, 1.82) is 0 Å². The minimum Gasteiger partial charge on any atom is -0.382 e. The molecular weight excluding hydrogens is 402 g/mol. The molecule has 0 saturated heterocycles. The number of hydrogen-bond donors (Lipinski definition) is 1. The third-order valence-electron chi connectivity index (χ3n) is 3.73. The summed E-state index contributed by atoms with van der Waals surface area (Å²) in [6.07, 6.45) is 0. The van der Waals surface area contributed by atoms with Crippen LogP contribution in [-0.4, -0.2) is 32.0 Å². The summed E-state index contributed by atoms with van der Waals surface area (Å²) in [5.74, 6) is -1.37. The first-order valence-corrected chi connectivity index (χ1v) is 8.43. The molecule has 0 amide bonds. The topological polar surface area (TPSA) is 33.6 Å². The number of nitrogens with zero attached hydrogens (tertiary/aromatic N) is 1. The lowest BCUT2D eigenvalue weighted by Crippen LogP contribution is -2.22. The Kier molecular flexibility index (Phi) is 5.18. The predicted octanol–water partition coefficient (Wildman–Crippen LogP) is 4.66. The largest absolute Gasteiger partial charge is 0.382 e. The summed E-state index contributed by atoms with van der Waals surface area (Å²) < 4.78 is 34.5. The van der Waals surface area contributed by atoms with Crippen LogP contribution in [0, 0.1) is 11.6 Å². The van der Waals surface area contributed by atoms with Gasteiger partial charge in [0.1, 0.15) is 11.6 Å². The molecule has 1 heterocycles. The van der Waals surface area contributed by atoms with E-state index in [1.165, 1.54) is 18.2 Å². The SMILES string of the molecule is COC[C@@H]1CNc2ccc(Br)c(Cl)c2C(c2c(F)cccc2F)=N1. The van der Waals surface area contributed by atoms with Gasteiger partial charge < -0.3 is 10.1 Å². The number of rotatable bonds is 3. The average molecular weight is 416 g/mol. The summed E-state index contributed by atoms with van der Waals surface area (Å²) in [6, 6.07) is 7.01. The van der Waals surface area contributed by atoms with Crippen molar-refractivity contribution in [3.8, 4) is 0 Å². The van der Waals surface area contributed by atoms with Gasteiger partial charge in [0.15, 0.2) is 0 Å². The second kappa shape index (κ2) is 7.17. The van der Waals surface area contributed by atoms with Gasteiger partial charge in [-0.2, -0.15) is 0 Å². The zero-order valence-electron chi connectivity index (χ0n) is 12.7. The highest BCUT2D eigenvalue weighted by molar-refractivity contribution is 9.10. The molecule has 1 N–H and O–H groups in total. The predicted molar refractivity (Wildman–Crippen MR) is 95.3 cm³/mol. The molecule has 2 aromatic carbocycles. The van der Waals surface area contributed by atoms with Crippen LogP contribution in [-0.2, 0) is 4.74 Å². The first-order valence-electron chi connectivity index (χ1n) is 7.26. The van der Waals surface area contributed by atoms with Gasteiger partial charge in [-0.3, -0.25) is 4.99 Å². The summed E-state index contributed by atoms with van der Waals surface area (Å²) in [5, 5.41) is 3.57. The number of aliphatic imine (C=N–C) groups is 1. The van der Waals surface area contributed by atoms with Crippen molar-refractivity contribution in [1.82, 2.24) is 0 Å². The van der Waals surface area contributed by atoms with Crippen molar-refractivity contribution in [2.24, 2.45) is 4.99 Å². The van der Waals surface area contributed by atoms with Gasteiger partial charge in [-0.15, -0.1) is 0 Å². The minimum absolute atomic E-state index is 0.180. The van der Waals surface area contributed by atoms with Crippen LogP contribution in [0.4, 0.5) is 14.5 Å². The molecule has 1 atom stereocenters. The molecule has 0 saturated carbocycles. The molecule has 0 spiro atoms. The number of fused-ring (bicyclic) bond motifs is 1. The van der Waals surface area contributed by atoms with Crippen molar-refractivity contribution < 1.29 is 13.5 Å². The van der Waals surface area contributed by atoms with Gasteiger partial charge in [0.25, 0.3) is 0 Å². The number of nitrogens with one attached hydrogen (secondary N) is 1. The fourth-order valence-corrected chi connectivity index (χ4v) is 3.24. The van der Waals surface area contributed by atoms with Crippen molar-refractivity contribution in [2.75, 3.05) is 25.6 Å². The highest BCUT2D eigenvalue weighted by Gasteiger charge is 2.27. The molecule has 126 valence electrons. The minimum atomic E-state index is -0.686. The molecule has 2 aromatic rings. The average Bonchev–Trinajstić information content (AvgIpc) is 2.72. The molecule has 0 bridgehead atoms. The van der Waals surface area contributed by atoms with Gasteiger partial charge in [-0.05, 0) is 40.2 Å². The van der Waals surface area contributed by atoms with Crippen molar-refractivity contribution in [3.05, 3.63) is 62.6 Å². The van der Waals surface area contributed by atoms with Gasteiger partial charge in [0.05, 0.1) is 28.9 Å². The molecule has 1 aliphatic rings. The summed E-state index contributed by atoms with van der Waals surface area (Å²) in [4.78, 5) is 4.54. The molecule has 3 rings (SSSR count). The normalized spacial score (nSPS) is 16.9. The Bertz CT molecular complexity index is 793. The highest BCUT2D eigenvalue weighted by Crippen LogP contribution is 2.36. The molecule has 3 nitrogen and oxygen atoms in total. The van der Waals surface area contributed by atoms with Crippen LogP contribution in [0.3, 0.4) is 0 Å². The van der Waals surface area contributed by atoms with E-state index in [1.54, 1.807) is 19.2 Å². The van der Waals surface area contributed by atoms with Crippen LogP contribution in [0.1, 0.15) is 11.1 Å². The van der Waals surface area contributed by atoms with E-state index < -0.39 is 11.6 Å². The summed E-state index contributed by atoms with van der Waals surface area (Å²) in [6.45, 7) is 0.789. The molecule has 1 aliphatic heterocycles. The molecule has 0 fully saturated rings. The van der Waals surface area contributed by atoms with E-state index in [0.717, 1.165) is 0 Å². The summed E-state index contributed by atoms with van der Waals surface area (Å²) >= 11 is 9.77. The van der Waals surface area contributed by atoms with Crippen LogP contribution < -0.4 is 5.32 Å². The van der Waals surface area contributed by atoms with Gasteiger partial charge >= 0.3 is 0 Å². The molecule has 0 unspecified atom stereocenters. The molecule has 0 aromatic heterocycles. The summed E-state index contributed by atoms with van der Waals surface area (Å²) in [7, 11) is 1.56. The highest BCUT2D eigenvalue weighted by atomic mass is 79.9. The third kappa shape index (κ3) is 3.18. The lowest BCUT2D eigenvalue weighted by molar-refractivity contribution is 0.184. The van der Waals surface area contributed by atoms with Crippen molar-refractivity contribution in [3.63, 3.8) is 0 Å². The van der Waals surface area contributed by atoms with Crippen LogP contribution in [0.15, 0.2) is 39.8 Å². The van der Waals surface area contributed by atoms with E-state index in [0.29, 0.717) is 33.9 Å². The van der Waals surface area contributed by atoms with Crippen molar-refractivity contribution >= 4 is 38.9 Å². The lowest BCUT2D eigenvalue weighted by Gasteiger charge is -2.14. The van der Waals surface area contributed by atoms with Crippen LogP contribution >= 0.6 is 27.5 Å². The number of benzodiazepines with no additional fused rings is 1. The number of halogens is 4. The monoisotopic (exact) mass is 414 g/mol. The Hall–Kier alpha value is -1.50. The molecule has 0 radical (unpaired) electrons. The summed E-state index contributed by atoms with van der Waals surface area (Å²) in [5.41, 5.74) is 1.12. The Labute approximate surface area is 151 Å². The van der Waals surface area contributed by atoms with Crippen LogP contribution in [0.25, 0.3) is 0 Å². The van der Waals surface area contributed by atoms with E-state index >= 15 is 0 Å². The smallest absolute Gasteiger partial charge is 0.135 e. The molecule has 7 heteroatoms. The zero-order chi connectivity index (χ0) is 17.3. The Morgan fingerprint density at radius 1 is 1.25 bits per heavy atom. The van der Waals surface area contributed by atoms with E-state index in [-0.39, 0.29) is 17.3 Å². The molecule has 0 aliphatic carbocycles. The van der Waals surface area contributed by atoms with E-state index in [1.807, 2.05) is 0 Å². The van der Waals surface area contributed by atoms with Crippen LogP contribution in [0.5, 0.6) is 0 Å². The second-order valence-corrected chi connectivity index (χ2v) is 6.58. The fourth-order valence-electron chi connectivity index (χ4n) is 2.65. The Morgan fingerprint density at radius 2 is 1.96 bits per heavy atom. The zero-order valence-corrected chi connectivity index (χ0v) is 15.1. The van der Waals surface area contributed by atoms with E-state index in [2.05, 4.69) is 26.2 Å². The fraction of sp³-hybridized carbons (Fsp3) is 0.235. The van der Waals surface area contributed by atoms with Gasteiger partial charge in [-0.25, -0.2) is 8.78 Å². The van der Waals surface area contributed by atoms with Crippen LogP contribution in [0.2, 0.25) is 5.02 Å². The Morgan fingerprint density at radius 3 is 2.62 bits per heavy atom. The van der Waals surface area contributed by atoms with E-state index in [9.17, 15) is 8.78 Å². The van der Waals surface area contributed by atoms with Gasteiger partial charge in [0.2, 0.25) is 0 Å².